The second-order valence-electron chi connectivity index (χ2n) is 3.51. The zero-order valence-corrected chi connectivity index (χ0v) is 10.4. The Bertz CT molecular complexity index is 384. The molecule has 1 rings (SSSR count). The van der Waals surface area contributed by atoms with Crippen LogP contribution in [-0.4, -0.2) is 23.7 Å². The first-order valence-electron chi connectivity index (χ1n) is 4.91. The van der Waals surface area contributed by atoms with Crippen LogP contribution in [0.2, 0.25) is 0 Å². The molecule has 0 saturated heterocycles. The van der Waals surface area contributed by atoms with Gasteiger partial charge in [-0.1, -0.05) is 15.9 Å². The van der Waals surface area contributed by atoms with Gasteiger partial charge in [-0.25, -0.2) is 4.39 Å². The Morgan fingerprint density at radius 1 is 1.62 bits per heavy atom. The molecule has 0 aromatic heterocycles. The second-order valence-corrected chi connectivity index (χ2v) is 4.43. The van der Waals surface area contributed by atoms with Crippen molar-refractivity contribution in [2.45, 2.75) is 19.4 Å². The molecule has 0 spiro atoms. The van der Waals surface area contributed by atoms with Crippen LogP contribution in [0.4, 0.5) is 4.39 Å². The van der Waals surface area contributed by atoms with Crippen LogP contribution in [0.25, 0.3) is 0 Å². The maximum absolute atomic E-state index is 13.3. The van der Waals surface area contributed by atoms with Gasteiger partial charge in [0.2, 0.25) is 0 Å². The molecule has 5 heteroatoms. The summed E-state index contributed by atoms with van der Waals surface area (Å²) in [6.45, 7) is 1.74. The minimum absolute atomic E-state index is 0.000773. The van der Waals surface area contributed by atoms with Crippen molar-refractivity contribution in [3.63, 3.8) is 0 Å². The molecule has 1 unspecified atom stereocenters. The molecule has 0 radical (unpaired) electrons. The number of halogens is 2. The average Bonchev–Trinajstić information content (AvgIpc) is 2.21. The van der Waals surface area contributed by atoms with Gasteiger partial charge >= 0.3 is 0 Å². The highest BCUT2D eigenvalue weighted by Crippen LogP contribution is 2.15. The Labute approximate surface area is 102 Å². The van der Waals surface area contributed by atoms with Crippen molar-refractivity contribution in [3.8, 4) is 0 Å². The summed E-state index contributed by atoms with van der Waals surface area (Å²) in [6, 6.07) is 4.01. The molecular formula is C11H13BrFNO2. The van der Waals surface area contributed by atoms with E-state index >= 15 is 0 Å². The number of aliphatic hydroxyl groups excluding tert-OH is 1. The third kappa shape index (κ3) is 3.57. The largest absolute Gasteiger partial charge is 0.396 e. The predicted molar refractivity (Wildman–Crippen MR) is 62.7 cm³/mol. The molecule has 0 heterocycles. The van der Waals surface area contributed by atoms with Crippen molar-refractivity contribution < 1.29 is 14.3 Å². The summed E-state index contributed by atoms with van der Waals surface area (Å²) in [5.41, 5.74) is -0.000773. The van der Waals surface area contributed by atoms with E-state index < -0.39 is 11.7 Å². The third-order valence-corrected chi connectivity index (χ3v) is 2.61. The molecule has 0 saturated carbocycles. The van der Waals surface area contributed by atoms with E-state index in [4.69, 9.17) is 5.11 Å². The molecule has 0 aliphatic rings. The summed E-state index contributed by atoms with van der Waals surface area (Å²) >= 11 is 3.17. The Morgan fingerprint density at radius 3 is 2.94 bits per heavy atom. The number of aliphatic hydroxyl groups is 1. The van der Waals surface area contributed by atoms with E-state index in [0.717, 1.165) is 0 Å². The van der Waals surface area contributed by atoms with Crippen LogP contribution in [0.1, 0.15) is 23.7 Å². The molecule has 0 bridgehead atoms. The van der Waals surface area contributed by atoms with E-state index in [-0.39, 0.29) is 18.2 Å². The Kier molecular flexibility index (Phi) is 4.89. The zero-order chi connectivity index (χ0) is 12.1. The monoisotopic (exact) mass is 289 g/mol. The van der Waals surface area contributed by atoms with Gasteiger partial charge in [-0.05, 0) is 31.5 Å². The van der Waals surface area contributed by atoms with Gasteiger partial charge in [-0.15, -0.1) is 0 Å². The van der Waals surface area contributed by atoms with Crippen molar-refractivity contribution in [2.24, 2.45) is 0 Å². The van der Waals surface area contributed by atoms with Gasteiger partial charge in [0.1, 0.15) is 5.82 Å². The van der Waals surface area contributed by atoms with E-state index in [0.29, 0.717) is 10.9 Å². The van der Waals surface area contributed by atoms with Crippen molar-refractivity contribution in [1.29, 1.82) is 0 Å². The van der Waals surface area contributed by atoms with Crippen molar-refractivity contribution in [1.82, 2.24) is 5.32 Å². The quantitative estimate of drug-likeness (QED) is 0.892. The number of carbonyl (C=O) groups excluding carboxylic acids is 1. The van der Waals surface area contributed by atoms with Crippen LogP contribution in [0, 0.1) is 5.82 Å². The van der Waals surface area contributed by atoms with E-state index in [2.05, 4.69) is 21.2 Å². The lowest BCUT2D eigenvalue weighted by atomic mass is 10.1. The van der Waals surface area contributed by atoms with Gasteiger partial charge in [0.05, 0.1) is 5.56 Å². The molecule has 0 aliphatic heterocycles. The minimum Gasteiger partial charge on any atom is -0.396 e. The highest BCUT2D eigenvalue weighted by molar-refractivity contribution is 9.10. The summed E-state index contributed by atoms with van der Waals surface area (Å²) < 4.78 is 14.0. The van der Waals surface area contributed by atoms with Crippen LogP contribution in [0.5, 0.6) is 0 Å². The lowest BCUT2D eigenvalue weighted by molar-refractivity contribution is 0.0930. The molecule has 1 atom stereocenters. The SMILES string of the molecule is CC(CCO)NC(=O)c1cc(Br)ccc1F. The zero-order valence-electron chi connectivity index (χ0n) is 8.84. The molecule has 1 aromatic rings. The van der Waals surface area contributed by atoms with E-state index in [9.17, 15) is 9.18 Å². The van der Waals surface area contributed by atoms with Crippen LogP contribution in [-0.2, 0) is 0 Å². The van der Waals surface area contributed by atoms with Crippen molar-refractivity contribution >= 4 is 21.8 Å². The predicted octanol–water partition coefficient (Wildman–Crippen LogP) is 2.09. The van der Waals surface area contributed by atoms with Gasteiger partial charge in [0.25, 0.3) is 5.91 Å². The topological polar surface area (TPSA) is 49.3 Å². The molecule has 1 amide bonds. The average molecular weight is 290 g/mol. The Hall–Kier alpha value is -0.940. The number of carbonyl (C=O) groups is 1. The molecule has 1 aromatic carbocycles. The van der Waals surface area contributed by atoms with Crippen molar-refractivity contribution in [3.05, 3.63) is 34.1 Å². The summed E-state index contributed by atoms with van der Waals surface area (Å²) in [5, 5.41) is 11.3. The summed E-state index contributed by atoms with van der Waals surface area (Å²) in [4.78, 5) is 11.6. The van der Waals surface area contributed by atoms with Crippen LogP contribution >= 0.6 is 15.9 Å². The molecule has 16 heavy (non-hydrogen) atoms. The summed E-state index contributed by atoms with van der Waals surface area (Å²) in [5.74, 6) is -1.03. The Morgan fingerprint density at radius 2 is 2.31 bits per heavy atom. The number of rotatable bonds is 4. The van der Waals surface area contributed by atoms with Crippen LogP contribution in [0.3, 0.4) is 0 Å². The lowest BCUT2D eigenvalue weighted by Crippen LogP contribution is -2.33. The third-order valence-electron chi connectivity index (χ3n) is 2.11. The molecule has 0 fully saturated rings. The number of amides is 1. The second kappa shape index (κ2) is 5.96. The normalized spacial score (nSPS) is 12.2. The van der Waals surface area contributed by atoms with Crippen LogP contribution in [0.15, 0.2) is 22.7 Å². The molecule has 88 valence electrons. The van der Waals surface area contributed by atoms with Crippen LogP contribution < -0.4 is 5.32 Å². The first-order valence-corrected chi connectivity index (χ1v) is 5.70. The number of hydrogen-bond acceptors (Lipinski definition) is 2. The molecular weight excluding hydrogens is 277 g/mol. The van der Waals surface area contributed by atoms with Gasteiger partial charge in [-0.2, -0.15) is 0 Å². The molecule has 0 aliphatic carbocycles. The lowest BCUT2D eigenvalue weighted by Gasteiger charge is -2.12. The maximum atomic E-state index is 13.3. The fraction of sp³-hybridized carbons (Fsp3) is 0.364. The van der Waals surface area contributed by atoms with Gasteiger partial charge in [0, 0.05) is 17.1 Å². The Balaban J connectivity index is 2.76. The molecule has 3 nitrogen and oxygen atoms in total. The van der Waals surface area contributed by atoms with E-state index in [1.54, 1.807) is 6.92 Å². The smallest absolute Gasteiger partial charge is 0.254 e. The maximum Gasteiger partial charge on any atom is 0.254 e. The minimum atomic E-state index is -0.558. The highest BCUT2D eigenvalue weighted by Gasteiger charge is 2.14. The fourth-order valence-corrected chi connectivity index (χ4v) is 1.60. The first-order chi connectivity index (χ1) is 7.54. The fourth-order valence-electron chi connectivity index (χ4n) is 1.24. The standard InChI is InChI=1S/C11H13BrFNO2/c1-7(4-5-15)14-11(16)9-6-8(12)2-3-10(9)13/h2-3,6-7,15H,4-5H2,1H3,(H,14,16). The van der Waals surface area contributed by atoms with Crippen molar-refractivity contribution in [2.75, 3.05) is 6.61 Å². The summed E-state index contributed by atoms with van der Waals surface area (Å²) in [7, 11) is 0. The highest BCUT2D eigenvalue weighted by atomic mass is 79.9. The van der Waals surface area contributed by atoms with E-state index in [1.807, 2.05) is 0 Å². The van der Waals surface area contributed by atoms with Gasteiger partial charge in [0.15, 0.2) is 0 Å². The van der Waals surface area contributed by atoms with Gasteiger partial charge in [-0.3, -0.25) is 4.79 Å². The summed E-state index contributed by atoms with van der Waals surface area (Å²) in [6.07, 6.45) is 0.446. The molecule has 2 N–H and O–H groups in total. The first kappa shape index (κ1) is 13.1. The number of hydrogen-bond donors (Lipinski definition) is 2. The number of nitrogens with one attached hydrogen (secondary N) is 1. The van der Waals surface area contributed by atoms with Gasteiger partial charge < -0.3 is 10.4 Å². The number of benzene rings is 1. The van der Waals surface area contributed by atoms with E-state index in [1.165, 1.54) is 18.2 Å².